The van der Waals surface area contributed by atoms with Gasteiger partial charge in [0.15, 0.2) is 0 Å². The molecule has 1 aromatic carbocycles. The molecule has 1 heterocycles. The molecule has 2 rings (SSSR count). The van der Waals surface area contributed by atoms with Gasteiger partial charge in [-0.3, -0.25) is 4.90 Å². The minimum absolute atomic E-state index is 0.273. The number of nitrogens with zero attached hydrogens (tertiary/aromatic N) is 1. The smallest absolute Gasteiger partial charge is 0.415 e. The number of amides is 1. The molecule has 0 spiro atoms. The first-order valence-electron chi connectivity index (χ1n) is 5.31. The van der Waals surface area contributed by atoms with Crippen molar-refractivity contribution in [2.24, 2.45) is 0 Å². The Morgan fingerprint density at radius 2 is 2.12 bits per heavy atom. The van der Waals surface area contributed by atoms with Crippen LogP contribution in [-0.4, -0.2) is 17.6 Å². The van der Waals surface area contributed by atoms with Gasteiger partial charge >= 0.3 is 6.09 Å². The van der Waals surface area contributed by atoms with Crippen molar-refractivity contribution in [3.8, 4) is 0 Å². The van der Waals surface area contributed by atoms with Crippen molar-refractivity contribution in [3.63, 3.8) is 0 Å². The van der Waals surface area contributed by atoms with Crippen LogP contribution in [0.3, 0.4) is 0 Å². The number of hydrogen-bond donors (Lipinski definition) is 0. The van der Waals surface area contributed by atoms with Gasteiger partial charge in [-0.05, 0) is 32.9 Å². The quantitative estimate of drug-likeness (QED) is 0.748. The Balaban J connectivity index is 2.39. The molecule has 0 aliphatic carbocycles. The van der Waals surface area contributed by atoms with Gasteiger partial charge in [0.25, 0.3) is 0 Å². The zero-order valence-corrected chi connectivity index (χ0v) is 10.5. The van der Waals surface area contributed by atoms with Gasteiger partial charge in [0, 0.05) is 4.90 Å². The summed E-state index contributed by atoms with van der Waals surface area (Å²) in [6.45, 7) is 6.27. The van der Waals surface area contributed by atoms with Crippen molar-refractivity contribution in [2.45, 2.75) is 30.5 Å². The van der Waals surface area contributed by atoms with E-state index in [0.717, 1.165) is 10.6 Å². The normalized spacial score (nSPS) is 17.1. The van der Waals surface area contributed by atoms with Crippen molar-refractivity contribution in [1.29, 1.82) is 0 Å². The maximum atomic E-state index is 11.9. The van der Waals surface area contributed by atoms with Gasteiger partial charge in [-0.2, -0.15) is 0 Å². The van der Waals surface area contributed by atoms with E-state index in [9.17, 15) is 4.79 Å². The van der Waals surface area contributed by atoms with E-state index in [1.54, 1.807) is 16.7 Å². The summed E-state index contributed by atoms with van der Waals surface area (Å²) in [5.74, 6) is 0. The van der Waals surface area contributed by atoms with Crippen molar-refractivity contribution in [2.75, 3.05) is 11.5 Å². The Morgan fingerprint density at radius 1 is 1.44 bits per heavy atom. The molecule has 0 atom stereocenters. The lowest BCUT2D eigenvalue weighted by Gasteiger charge is -2.29. The first-order chi connectivity index (χ1) is 7.56. The Morgan fingerprint density at radius 3 is 2.81 bits per heavy atom. The fourth-order valence-electron chi connectivity index (χ4n) is 1.84. The molecule has 1 aliphatic heterocycles. The Kier molecular flexibility index (Phi) is 2.84. The first kappa shape index (κ1) is 11.3. The molecule has 1 aromatic rings. The van der Waals surface area contributed by atoms with Gasteiger partial charge in [-0.25, -0.2) is 4.79 Å². The molecule has 1 aliphatic rings. The summed E-state index contributed by atoms with van der Waals surface area (Å²) >= 11 is 1.68. The second-order valence-electron chi connectivity index (χ2n) is 4.05. The number of carbonyl (C=O) groups is 1. The van der Waals surface area contributed by atoms with E-state index in [1.165, 1.54) is 0 Å². The number of carbonyl (C=O) groups excluding carboxylic acids is 1. The molecule has 4 heteroatoms. The van der Waals surface area contributed by atoms with Crippen molar-refractivity contribution < 1.29 is 9.53 Å². The largest absolute Gasteiger partial charge is 0.449 e. The standard InChI is InChI=1S/C12H15NO2S/c1-4-15-11(14)13-9-7-5-6-8-10(9)16-12(13,2)3/h5-8H,4H2,1-3H3. The number of para-hydroxylation sites is 1. The van der Waals surface area contributed by atoms with Crippen molar-refractivity contribution >= 4 is 23.5 Å². The molecule has 86 valence electrons. The van der Waals surface area contributed by atoms with Crippen molar-refractivity contribution in [3.05, 3.63) is 24.3 Å². The van der Waals surface area contributed by atoms with Crippen LogP contribution in [0.2, 0.25) is 0 Å². The second-order valence-corrected chi connectivity index (χ2v) is 5.69. The van der Waals surface area contributed by atoms with Crippen molar-refractivity contribution in [1.82, 2.24) is 0 Å². The summed E-state index contributed by atoms with van der Waals surface area (Å²) in [6, 6.07) is 7.90. The van der Waals surface area contributed by atoms with Crippen LogP contribution >= 0.6 is 11.8 Å². The van der Waals surface area contributed by atoms with Crippen LogP contribution in [0.15, 0.2) is 29.2 Å². The van der Waals surface area contributed by atoms with E-state index in [4.69, 9.17) is 4.74 Å². The van der Waals surface area contributed by atoms with E-state index < -0.39 is 0 Å². The summed E-state index contributed by atoms with van der Waals surface area (Å²) in [6.07, 6.45) is -0.273. The topological polar surface area (TPSA) is 29.5 Å². The summed E-state index contributed by atoms with van der Waals surface area (Å²) < 4.78 is 5.09. The lowest BCUT2D eigenvalue weighted by molar-refractivity contribution is 0.157. The van der Waals surface area contributed by atoms with Crippen LogP contribution in [0.4, 0.5) is 10.5 Å². The minimum atomic E-state index is -0.282. The van der Waals surface area contributed by atoms with Gasteiger partial charge in [-0.1, -0.05) is 23.9 Å². The monoisotopic (exact) mass is 237 g/mol. The molecule has 0 saturated carbocycles. The number of fused-ring (bicyclic) bond motifs is 1. The molecule has 0 unspecified atom stereocenters. The molecule has 0 radical (unpaired) electrons. The van der Waals surface area contributed by atoms with E-state index in [-0.39, 0.29) is 11.0 Å². The molecular weight excluding hydrogens is 222 g/mol. The van der Waals surface area contributed by atoms with Crippen LogP contribution in [0.5, 0.6) is 0 Å². The lowest BCUT2D eigenvalue weighted by atomic mass is 10.2. The number of ether oxygens (including phenoxy) is 1. The van der Waals surface area contributed by atoms with Gasteiger partial charge in [0.2, 0.25) is 0 Å². The SMILES string of the molecule is CCOC(=O)N1c2ccccc2SC1(C)C. The molecule has 16 heavy (non-hydrogen) atoms. The second kappa shape index (κ2) is 4.01. The van der Waals surface area contributed by atoms with Gasteiger partial charge in [-0.15, -0.1) is 0 Å². The molecule has 0 bridgehead atoms. The molecule has 0 aromatic heterocycles. The average molecular weight is 237 g/mol. The third kappa shape index (κ3) is 1.78. The minimum Gasteiger partial charge on any atom is -0.449 e. The van der Waals surface area contributed by atoms with Crippen LogP contribution in [0, 0.1) is 0 Å². The van der Waals surface area contributed by atoms with Gasteiger partial charge in [0.05, 0.1) is 17.2 Å². The highest BCUT2D eigenvalue weighted by Gasteiger charge is 2.41. The summed E-state index contributed by atoms with van der Waals surface area (Å²) in [4.78, 5) is 14.5. The third-order valence-electron chi connectivity index (χ3n) is 2.45. The highest BCUT2D eigenvalue weighted by Crippen LogP contribution is 2.49. The third-order valence-corrected chi connectivity index (χ3v) is 3.70. The zero-order valence-electron chi connectivity index (χ0n) is 9.69. The van der Waals surface area contributed by atoms with Gasteiger partial charge < -0.3 is 4.74 Å². The zero-order chi connectivity index (χ0) is 11.8. The number of benzene rings is 1. The average Bonchev–Trinajstić information content (AvgIpc) is 2.47. The Bertz CT molecular complexity index is 417. The molecular formula is C12H15NO2S. The summed E-state index contributed by atoms with van der Waals surface area (Å²) in [5, 5.41) is 0. The fraction of sp³-hybridized carbons (Fsp3) is 0.417. The Hall–Kier alpha value is -1.16. The molecule has 0 fully saturated rings. The number of rotatable bonds is 1. The molecule has 0 N–H and O–H groups in total. The summed E-state index contributed by atoms with van der Waals surface area (Å²) in [5.41, 5.74) is 0.941. The fourth-order valence-corrected chi connectivity index (χ4v) is 3.05. The van der Waals surface area contributed by atoms with E-state index in [1.807, 2.05) is 45.0 Å². The van der Waals surface area contributed by atoms with Gasteiger partial charge in [0.1, 0.15) is 0 Å². The highest BCUT2D eigenvalue weighted by molar-refractivity contribution is 8.01. The molecule has 1 amide bonds. The first-order valence-corrected chi connectivity index (χ1v) is 6.13. The molecule has 0 saturated heterocycles. The number of thioether (sulfide) groups is 1. The summed E-state index contributed by atoms with van der Waals surface area (Å²) in [7, 11) is 0. The maximum absolute atomic E-state index is 11.9. The van der Waals surface area contributed by atoms with E-state index in [0.29, 0.717) is 6.61 Å². The predicted molar refractivity (Wildman–Crippen MR) is 65.9 cm³/mol. The maximum Gasteiger partial charge on any atom is 0.415 e. The number of hydrogen-bond acceptors (Lipinski definition) is 3. The van der Waals surface area contributed by atoms with Crippen LogP contribution in [-0.2, 0) is 4.74 Å². The predicted octanol–water partition coefficient (Wildman–Crippen LogP) is 3.49. The van der Waals surface area contributed by atoms with Crippen LogP contribution < -0.4 is 4.90 Å². The van der Waals surface area contributed by atoms with Crippen LogP contribution in [0.25, 0.3) is 0 Å². The van der Waals surface area contributed by atoms with E-state index in [2.05, 4.69) is 0 Å². The lowest BCUT2D eigenvalue weighted by Crippen LogP contribution is -2.43. The molecule has 3 nitrogen and oxygen atoms in total. The highest BCUT2D eigenvalue weighted by atomic mass is 32.2. The van der Waals surface area contributed by atoms with E-state index >= 15 is 0 Å². The van der Waals surface area contributed by atoms with Crippen LogP contribution in [0.1, 0.15) is 20.8 Å². The number of anilines is 1. The Labute approximate surface area is 99.8 Å².